The lowest BCUT2D eigenvalue weighted by Crippen LogP contribution is -2.44. The zero-order valence-electron chi connectivity index (χ0n) is 13.0. The van der Waals surface area contributed by atoms with Crippen LogP contribution in [0.1, 0.15) is 12.7 Å². The van der Waals surface area contributed by atoms with E-state index in [0.29, 0.717) is 0 Å². The highest BCUT2D eigenvalue weighted by Crippen LogP contribution is 2.20. The molecule has 2 aromatic heterocycles. The van der Waals surface area contributed by atoms with E-state index in [1.165, 1.54) is 0 Å². The second-order valence-electron chi connectivity index (χ2n) is 5.60. The monoisotopic (exact) mass is 289 g/mol. The summed E-state index contributed by atoms with van der Waals surface area (Å²) in [5.74, 6) is 1.76. The molecule has 21 heavy (non-hydrogen) atoms. The minimum atomic E-state index is 0.799. The van der Waals surface area contributed by atoms with Crippen LogP contribution in [0.4, 0.5) is 5.82 Å². The summed E-state index contributed by atoms with van der Waals surface area (Å²) in [6.07, 6.45) is 1.83. The van der Waals surface area contributed by atoms with Gasteiger partial charge in [0.05, 0.1) is 18.1 Å². The number of rotatable bonds is 4. The van der Waals surface area contributed by atoms with Gasteiger partial charge in [0, 0.05) is 39.8 Å². The molecule has 1 aliphatic heterocycles. The predicted octanol–water partition coefficient (Wildman–Crippen LogP) is 0.543. The molecule has 0 atom stereocenters. The number of hydrogen-bond acceptors (Lipinski definition) is 6. The van der Waals surface area contributed by atoms with E-state index in [1.54, 1.807) is 0 Å². The van der Waals surface area contributed by atoms with Gasteiger partial charge in [-0.15, -0.1) is 0 Å². The molecule has 0 saturated carbocycles. The van der Waals surface area contributed by atoms with Crippen molar-refractivity contribution >= 4 is 16.9 Å². The van der Waals surface area contributed by atoms with Crippen LogP contribution in [-0.4, -0.2) is 69.3 Å². The Morgan fingerprint density at radius 2 is 1.90 bits per heavy atom. The number of nitrogens with one attached hydrogen (secondary N) is 1. The number of aryl methyl sites for hydroxylation is 1. The Hall–Kier alpha value is -1.73. The highest BCUT2D eigenvalue weighted by atomic mass is 15.3. The number of anilines is 1. The molecule has 0 unspecified atom stereocenters. The van der Waals surface area contributed by atoms with E-state index in [-0.39, 0.29) is 0 Å². The first-order chi connectivity index (χ1) is 10.2. The van der Waals surface area contributed by atoms with Crippen molar-refractivity contribution in [2.24, 2.45) is 7.05 Å². The number of fused-ring (bicyclic) bond motifs is 1. The van der Waals surface area contributed by atoms with E-state index >= 15 is 0 Å². The Morgan fingerprint density at radius 1 is 1.14 bits per heavy atom. The van der Waals surface area contributed by atoms with Crippen LogP contribution in [0.5, 0.6) is 0 Å². The molecule has 7 nitrogen and oxygen atoms in total. The van der Waals surface area contributed by atoms with Gasteiger partial charge in [-0.05, 0) is 14.0 Å². The van der Waals surface area contributed by atoms with Gasteiger partial charge in [-0.2, -0.15) is 5.10 Å². The zero-order valence-corrected chi connectivity index (χ0v) is 13.0. The Balaban J connectivity index is 1.86. The summed E-state index contributed by atoms with van der Waals surface area (Å²) >= 11 is 0. The van der Waals surface area contributed by atoms with E-state index in [9.17, 15) is 0 Å². The van der Waals surface area contributed by atoms with Crippen LogP contribution in [-0.2, 0) is 13.6 Å². The smallest absolute Gasteiger partial charge is 0.163 e. The number of hydrogen-bond donors (Lipinski definition) is 1. The van der Waals surface area contributed by atoms with E-state index in [1.807, 2.05) is 17.9 Å². The van der Waals surface area contributed by atoms with Gasteiger partial charge in [-0.25, -0.2) is 9.97 Å². The molecule has 0 bridgehead atoms. The van der Waals surface area contributed by atoms with Gasteiger partial charge in [0.2, 0.25) is 0 Å². The molecule has 3 heterocycles. The minimum Gasteiger partial charge on any atom is -0.370 e. The Labute approximate surface area is 125 Å². The summed E-state index contributed by atoms with van der Waals surface area (Å²) in [4.78, 5) is 14.1. The van der Waals surface area contributed by atoms with E-state index in [2.05, 4.69) is 44.2 Å². The third-order valence-electron chi connectivity index (χ3n) is 3.94. The van der Waals surface area contributed by atoms with Crippen LogP contribution < -0.4 is 5.32 Å². The molecular formula is C14H23N7. The van der Waals surface area contributed by atoms with Gasteiger partial charge in [-0.1, -0.05) is 0 Å². The van der Waals surface area contributed by atoms with Crippen LogP contribution in [0.2, 0.25) is 0 Å². The lowest BCUT2D eigenvalue weighted by atomic mass is 10.3. The number of aromatic nitrogens is 4. The highest BCUT2D eigenvalue weighted by Gasteiger charge is 2.17. The molecule has 0 aromatic carbocycles. The molecule has 0 aliphatic carbocycles. The fourth-order valence-electron chi connectivity index (χ4n) is 2.65. The molecular weight excluding hydrogens is 266 g/mol. The van der Waals surface area contributed by atoms with Crippen molar-refractivity contribution in [3.63, 3.8) is 0 Å². The van der Waals surface area contributed by atoms with Gasteiger partial charge < -0.3 is 10.2 Å². The molecule has 1 fully saturated rings. The molecule has 1 aliphatic rings. The predicted molar refractivity (Wildman–Crippen MR) is 83.2 cm³/mol. The maximum absolute atomic E-state index is 4.69. The Morgan fingerprint density at radius 3 is 2.62 bits per heavy atom. The first kappa shape index (κ1) is 14.2. The van der Waals surface area contributed by atoms with E-state index < -0.39 is 0 Å². The van der Waals surface area contributed by atoms with E-state index in [4.69, 9.17) is 0 Å². The fourth-order valence-corrected chi connectivity index (χ4v) is 2.65. The lowest BCUT2D eigenvalue weighted by Gasteiger charge is -2.31. The minimum absolute atomic E-state index is 0.799. The van der Waals surface area contributed by atoms with Gasteiger partial charge in [0.1, 0.15) is 11.6 Å². The molecule has 2 aromatic rings. The number of nitrogens with zero attached hydrogens (tertiary/aromatic N) is 6. The maximum atomic E-state index is 4.69. The summed E-state index contributed by atoms with van der Waals surface area (Å²) in [5.41, 5.74) is 0.894. The first-order valence-corrected chi connectivity index (χ1v) is 7.50. The maximum Gasteiger partial charge on any atom is 0.163 e. The van der Waals surface area contributed by atoms with Crippen LogP contribution in [0.3, 0.4) is 0 Å². The van der Waals surface area contributed by atoms with Crippen molar-refractivity contribution in [3.8, 4) is 0 Å². The molecule has 114 valence electrons. The normalized spacial score (nSPS) is 17.5. The van der Waals surface area contributed by atoms with Crippen molar-refractivity contribution in [2.75, 3.05) is 45.1 Å². The standard InChI is InChI=1S/C14H23N7/c1-4-15-13-11-9-16-20(3)14(11)18-12(17-13)10-21-7-5-19(2)6-8-21/h9H,4-8,10H2,1-3H3,(H,15,17,18). The van der Waals surface area contributed by atoms with Crippen molar-refractivity contribution in [3.05, 3.63) is 12.0 Å². The van der Waals surface area contributed by atoms with Crippen LogP contribution in [0.25, 0.3) is 11.0 Å². The SMILES string of the molecule is CCNc1nc(CN2CCN(C)CC2)nc2c1cnn2C. The largest absolute Gasteiger partial charge is 0.370 e. The van der Waals surface area contributed by atoms with E-state index in [0.717, 1.165) is 61.9 Å². The molecule has 0 amide bonds. The highest BCUT2D eigenvalue weighted by molar-refractivity contribution is 5.86. The van der Waals surface area contributed by atoms with Gasteiger partial charge in [0.15, 0.2) is 5.65 Å². The van der Waals surface area contributed by atoms with Gasteiger partial charge in [0.25, 0.3) is 0 Å². The summed E-state index contributed by atoms with van der Waals surface area (Å²) < 4.78 is 1.81. The van der Waals surface area contributed by atoms with Crippen molar-refractivity contribution < 1.29 is 0 Å². The summed E-state index contributed by atoms with van der Waals surface area (Å²) in [6, 6.07) is 0. The summed E-state index contributed by atoms with van der Waals surface area (Å²) in [7, 11) is 4.09. The van der Waals surface area contributed by atoms with Crippen molar-refractivity contribution in [1.82, 2.24) is 29.5 Å². The van der Waals surface area contributed by atoms with Crippen LogP contribution in [0.15, 0.2) is 6.20 Å². The third-order valence-corrected chi connectivity index (χ3v) is 3.94. The first-order valence-electron chi connectivity index (χ1n) is 7.50. The van der Waals surface area contributed by atoms with Crippen LogP contribution >= 0.6 is 0 Å². The summed E-state index contributed by atoms with van der Waals surface area (Å²) in [6.45, 7) is 8.06. The number of likely N-dealkylation sites (N-methyl/N-ethyl adjacent to an activating group) is 1. The fraction of sp³-hybridized carbons (Fsp3) is 0.643. The average Bonchev–Trinajstić information content (AvgIpc) is 2.84. The number of piperazine rings is 1. The molecule has 3 rings (SSSR count). The molecule has 0 radical (unpaired) electrons. The Bertz CT molecular complexity index is 613. The molecule has 7 heteroatoms. The molecule has 1 N–H and O–H groups in total. The topological polar surface area (TPSA) is 62.1 Å². The van der Waals surface area contributed by atoms with Crippen LogP contribution in [0, 0.1) is 0 Å². The molecule has 0 spiro atoms. The van der Waals surface area contributed by atoms with Crippen molar-refractivity contribution in [2.45, 2.75) is 13.5 Å². The van der Waals surface area contributed by atoms with Crippen molar-refractivity contribution in [1.29, 1.82) is 0 Å². The lowest BCUT2D eigenvalue weighted by molar-refractivity contribution is 0.145. The quantitative estimate of drug-likeness (QED) is 0.886. The van der Waals surface area contributed by atoms with Gasteiger partial charge >= 0.3 is 0 Å². The average molecular weight is 289 g/mol. The molecule has 1 saturated heterocycles. The van der Waals surface area contributed by atoms with Gasteiger partial charge in [-0.3, -0.25) is 9.58 Å². The third kappa shape index (κ3) is 2.98. The Kier molecular flexibility index (Phi) is 4.03. The second kappa shape index (κ2) is 5.95. The second-order valence-corrected chi connectivity index (χ2v) is 5.60. The summed E-state index contributed by atoms with van der Waals surface area (Å²) in [5, 5.41) is 8.60. The zero-order chi connectivity index (χ0) is 14.8.